The fourth-order valence-electron chi connectivity index (χ4n) is 2.49. The van der Waals surface area contributed by atoms with Crippen LogP contribution >= 0.6 is 0 Å². The highest BCUT2D eigenvalue weighted by atomic mass is 14.4. The van der Waals surface area contributed by atoms with Gasteiger partial charge in [-0.15, -0.1) is 0 Å². The van der Waals surface area contributed by atoms with E-state index in [9.17, 15) is 0 Å². The zero-order chi connectivity index (χ0) is 7.84. The SMILES string of the molecule is CC(C#N)C1CC2C=CC1C2. The van der Waals surface area contributed by atoms with Crippen molar-refractivity contribution in [3.8, 4) is 6.07 Å². The van der Waals surface area contributed by atoms with Crippen LogP contribution in [0.25, 0.3) is 0 Å². The van der Waals surface area contributed by atoms with E-state index in [4.69, 9.17) is 5.26 Å². The Morgan fingerprint density at radius 1 is 1.45 bits per heavy atom. The first-order valence-corrected chi connectivity index (χ1v) is 4.39. The number of allylic oxidation sites excluding steroid dienone is 2. The van der Waals surface area contributed by atoms with Crippen molar-refractivity contribution in [3.63, 3.8) is 0 Å². The number of nitriles is 1. The number of rotatable bonds is 1. The molecule has 1 nitrogen and oxygen atoms in total. The Balaban J connectivity index is 2.10. The fourth-order valence-corrected chi connectivity index (χ4v) is 2.49. The van der Waals surface area contributed by atoms with Gasteiger partial charge in [-0.2, -0.15) is 5.26 Å². The zero-order valence-corrected chi connectivity index (χ0v) is 6.83. The Morgan fingerprint density at radius 3 is 2.73 bits per heavy atom. The number of nitrogens with zero attached hydrogens (tertiary/aromatic N) is 1. The molecular formula is C10H13N. The molecule has 0 N–H and O–H groups in total. The van der Waals surface area contributed by atoms with Gasteiger partial charge in [-0.25, -0.2) is 0 Å². The van der Waals surface area contributed by atoms with Crippen molar-refractivity contribution in [1.82, 2.24) is 0 Å². The summed E-state index contributed by atoms with van der Waals surface area (Å²) >= 11 is 0. The van der Waals surface area contributed by atoms with E-state index in [2.05, 4.69) is 25.1 Å². The number of hydrogen-bond acceptors (Lipinski definition) is 1. The molecule has 0 amide bonds. The minimum Gasteiger partial charge on any atom is -0.198 e. The van der Waals surface area contributed by atoms with E-state index in [1.165, 1.54) is 12.8 Å². The van der Waals surface area contributed by atoms with E-state index in [1.54, 1.807) is 0 Å². The summed E-state index contributed by atoms with van der Waals surface area (Å²) < 4.78 is 0. The van der Waals surface area contributed by atoms with Gasteiger partial charge in [0.15, 0.2) is 0 Å². The Morgan fingerprint density at radius 2 is 2.27 bits per heavy atom. The molecule has 0 saturated heterocycles. The highest BCUT2D eigenvalue weighted by Crippen LogP contribution is 2.46. The lowest BCUT2D eigenvalue weighted by molar-refractivity contribution is 0.367. The average Bonchev–Trinajstić information content (AvgIpc) is 2.62. The number of hydrogen-bond donors (Lipinski definition) is 0. The molecule has 2 aliphatic rings. The molecule has 1 heteroatoms. The molecule has 58 valence electrons. The van der Waals surface area contributed by atoms with Crippen molar-refractivity contribution in [2.24, 2.45) is 23.7 Å². The van der Waals surface area contributed by atoms with E-state index >= 15 is 0 Å². The zero-order valence-electron chi connectivity index (χ0n) is 6.83. The van der Waals surface area contributed by atoms with Crippen LogP contribution in [0.4, 0.5) is 0 Å². The summed E-state index contributed by atoms with van der Waals surface area (Å²) in [6.45, 7) is 2.05. The second kappa shape index (κ2) is 2.37. The lowest BCUT2D eigenvalue weighted by Gasteiger charge is -2.19. The molecule has 4 atom stereocenters. The number of fused-ring (bicyclic) bond motifs is 2. The predicted molar refractivity (Wildman–Crippen MR) is 43.6 cm³/mol. The first-order valence-electron chi connectivity index (χ1n) is 4.39. The van der Waals surface area contributed by atoms with Crippen molar-refractivity contribution in [2.75, 3.05) is 0 Å². The third-order valence-corrected chi connectivity index (χ3v) is 3.18. The molecule has 2 aliphatic carbocycles. The summed E-state index contributed by atoms with van der Waals surface area (Å²) in [6.07, 6.45) is 7.21. The summed E-state index contributed by atoms with van der Waals surface area (Å²) in [7, 11) is 0. The normalized spacial score (nSPS) is 42.4. The van der Waals surface area contributed by atoms with Crippen LogP contribution in [0, 0.1) is 35.0 Å². The summed E-state index contributed by atoms with van der Waals surface area (Å²) in [4.78, 5) is 0. The molecule has 0 spiro atoms. The van der Waals surface area contributed by atoms with Gasteiger partial charge in [0.25, 0.3) is 0 Å². The first-order chi connectivity index (χ1) is 5.31. The molecule has 0 heterocycles. The van der Waals surface area contributed by atoms with Gasteiger partial charge < -0.3 is 0 Å². The summed E-state index contributed by atoms with van der Waals surface area (Å²) in [5.74, 6) is 2.46. The summed E-state index contributed by atoms with van der Waals surface area (Å²) in [6, 6.07) is 2.36. The molecule has 2 rings (SSSR count). The Kier molecular flexibility index (Phi) is 1.49. The third-order valence-electron chi connectivity index (χ3n) is 3.18. The third kappa shape index (κ3) is 0.976. The van der Waals surface area contributed by atoms with Crippen LogP contribution in [-0.4, -0.2) is 0 Å². The van der Waals surface area contributed by atoms with E-state index in [1.807, 2.05) is 0 Å². The Hall–Kier alpha value is -0.770. The van der Waals surface area contributed by atoms with E-state index < -0.39 is 0 Å². The van der Waals surface area contributed by atoms with Crippen LogP contribution in [0.3, 0.4) is 0 Å². The molecule has 0 radical (unpaired) electrons. The second-order valence-corrected chi connectivity index (χ2v) is 3.86. The van der Waals surface area contributed by atoms with Gasteiger partial charge in [-0.3, -0.25) is 0 Å². The Bertz CT molecular complexity index is 224. The van der Waals surface area contributed by atoms with Crippen LogP contribution < -0.4 is 0 Å². The van der Waals surface area contributed by atoms with E-state index in [-0.39, 0.29) is 5.92 Å². The standard InChI is InChI=1S/C10H13N/c1-7(6-11)10-5-8-2-3-9(10)4-8/h2-3,7-10H,4-5H2,1H3. The topological polar surface area (TPSA) is 23.8 Å². The van der Waals surface area contributed by atoms with Gasteiger partial charge >= 0.3 is 0 Å². The van der Waals surface area contributed by atoms with Crippen LogP contribution in [0.15, 0.2) is 12.2 Å². The summed E-state index contributed by atoms with van der Waals surface area (Å²) in [5, 5.41) is 8.75. The summed E-state index contributed by atoms with van der Waals surface area (Å²) in [5.41, 5.74) is 0. The van der Waals surface area contributed by atoms with Crippen molar-refractivity contribution in [2.45, 2.75) is 19.8 Å². The molecule has 0 aliphatic heterocycles. The lowest BCUT2D eigenvalue weighted by Crippen LogP contribution is -2.14. The van der Waals surface area contributed by atoms with Crippen molar-refractivity contribution >= 4 is 0 Å². The molecule has 1 saturated carbocycles. The fraction of sp³-hybridized carbons (Fsp3) is 0.700. The molecule has 0 aromatic heterocycles. The quantitative estimate of drug-likeness (QED) is 0.522. The monoisotopic (exact) mass is 147 g/mol. The van der Waals surface area contributed by atoms with E-state index in [0.717, 1.165) is 11.8 Å². The molecule has 2 bridgehead atoms. The van der Waals surface area contributed by atoms with Gasteiger partial charge in [-0.1, -0.05) is 12.2 Å². The smallest absolute Gasteiger partial charge is 0.0656 e. The van der Waals surface area contributed by atoms with Gasteiger partial charge in [0.1, 0.15) is 0 Å². The maximum Gasteiger partial charge on any atom is 0.0656 e. The molecule has 0 aromatic rings. The highest BCUT2D eigenvalue weighted by Gasteiger charge is 2.38. The van der Waals surface area contributed by atoms with Crippen LogP contribution in [-0.2, 0) is 0 Å². The van der Waals surface area contributed by atoms with Gasteiger partial charge in [-0.05, 0) is 37.5 Å². The molecular weight excluding hydrogens is 134 g/mol. The maximum absolute atomic E-state index is 8.75. The van der Waals surface area contributed by atoms with Crippen molar-refractivity contribution < 1.29 is 0 Å². The van der Waals surface area contributed by atoms with Gasteiger partial charge in [0.2, 0.25) is 0 Å². The first kappa shape index (κ1) is 6.91. The van der Waals surface area contributed by atoms with Crippen LogP contribution in [0.2, 0.25) is 0 Å². The lowest BCUT2D eigenvalue weighted by atomic mass is 9.84. The molecule has 1 fully saturated rings. The minimum atomic E-state index is 0.259. The minimum absolute atomic E-state index is 0.259. The highest BCUT2D eigenvalue weighted by molar-refractivity contribution is 5.12. The van der Waals surface area contributed by atoms with Crippen molar-refractivity contribution in [3.05, 3.63) is 12.2 Å². The van der Waals surface area contributed by atoms with Crippen LogP contribution in [0.5, 0.6) is 0 Å². The molecule has 11 heavy (non-hydrogen) atoms. The second-order valence-electron chi connectivity index (χ2n) is 3.86. The van der Waals surface area contributed by atoms with Crippen molar-refractivity contribution in [1.29, 1.82) is 5.26 Å². The van der Waals surface area contributed by atoms with E-state index in [0.29, 0.717) is 5.92 Å². The maximum atomic E-state index is 8.75. The largest absolute Gasteiger partial charge is 0.198 e. The predicted octanol–water partition coefficient (Wildman–Crippen LogP) is 2.36. The molecule has 4 unspecified atom stereocenters. The average molecular weight is 147 g/mol. The molecule has 0 aromatic carbocycles. The Labute approximate surface area is 67.7 Å². The van der Waals surface area contributed by atoms with Gasteiger partial charge in [0, 0.05) is 5.92 Å². The van der Waals surface area contributed by atoms with Crippen LogP contribution in [0.1, 0.15) is 19.8 Å². The van der Waals surface area contributed by atoms with Gasteiger partial charge in [0.05, 0.1) is 6.07 Å².